The third-order valence-electron chi connectivity index (χ3n) is 5.61. The van der Waals surface area contributed by atoms with E-state index in [2.05, 4.69) is 126 Å². The molecular weight excluding hydrogens is 501 g/mol. The predicted molar refractivity (Wildman–Crippen MR) is 160 cm³/mol. The first-order valence-electron chi connectivity index (χ1n) is 11.3. The smallest absolute Gasteiger partial charge is 0.143 e. The molecule has 1 aliphatic rings. The van der Waals surface area contributed by atoms with Crippen molar-refractivity contribution in [1.82, 2.24) is 0 Å². The van der Waals surface area contributed by atoms with Gasteiger partial charge in [-0.25, -0.2) is 0 Å². The average molecular weight is 522 g/mol. The first kappa shape index (κ1) is 22.4. The van der Waals surface area contributed by atoms with Crippen LogP contribution in [-0.2, 0) is 0 Å². The molecule has 2 aromatic carbocycles. The highest BCUT2D eigenvalue weighted by Crippen LogP contribution is 2.46. The van der Waals surface area contributed by atoms with Gasteiger partial charge in [-0.1, -0.05) is 60.3 Å². The Labute approximate surface area is 222 Å². The minimum absolute atomic E-state index is 1.21. The van der Waals surface area contributed by atoms with E-state index in [0.29, 0.717) is 0 Å². The van der Waals surface area contributed by atoms with Gasteiger partial charge >= 0.3 is 0 Å². The third-order valence-corrected chi connectivity index (χ3v) is 9.94. The lowest BCUT2D eigenvalue weighted by atomic mass is 10.1. The third kappa shape index (κ3) is 5.16. The van der Waals surface area contributed by atoms with Crippen molar-refractivity contribution in [3.8, 4) is 20.9 Å². The van der Waals surface area contributed by atoms with E-state index < -0.39 is 0 Å². The summed E-state index contributed by atoms with van der Waals surface area (Å²) in [6.45, 7) is 0. The quantitative estimate of drug-likeness (QED) is 0.207. The molecule has 0 saturated heterocycles. The molecule has 0 unspecified atom stereocenters. The molecule has 0 amide bonds. The van der Waals surface area contributed by atoms with Gasteiger partial charge < -0.3 is 0 Å². The van der Waals surface area contributed by atoms with Crippen molar-refractivity contribution in [2.45, 2.75) is 0 Å². The van der Waals surface area contributed by atoms with Crippen LogP contribution in [0.15, 0.2) is 126 Å². The zero-order valence-electron chi connectivity index (χ0n) is 18.8. The molecule has 0 radical (unpaired) electrons. The zero-order valence-corrected chi connectivity index (χ0v) is 22.0. The number of thiophene rings is 2. The normalized spacial score (nSPS) is 13.3. The van der Waals surface area contributed by atoms with Gasteiger partial charge in [0, 0.05) is 42.8 Å². The van der Waals surface area contributed by atoms with E-state index in [4.69, 9.17) is 0 Å². The van der Waals surface area contributed by atoms with Gasteiger partial charge in [-0.3, -0.25) is 0 Å². The molecular formula is C31H21S4+. The Morgan fingerprint density at radius 1 is 0.571 bits per heavy atom. The van der Waals surface area contributed by atoms with E-state index >= 15 is 0 Å². The largest absolute Gasteiger partial charge is 0.239 e. The molecule has 0 nitrogen and oxygen atoms in total. The Kier molecular flexibility index (Phi) is 6.61. The highest BCUT2D eigenvalue weighted by molar-refractivity contribution is 8.17. The summed E-state index contributed by atoms with van der Waals surface area (Å²) in [6.07, 6.45) is 6.98. The molecule has 4 heterocycles. The van der Waals surface area contributed by atoms with Gasteiger partial charge in [0.15, 0.2) is 0 Å². The van der Waals surface area contributed by atoms with E-state index in [-0.39, 0.29) is 0 Å². The monoisotopic (exact) mass is 521 g/mol. The minimum Gasteiger partial charge on any atom is -0.143 e. The molecule has 1 aliphatic heterocycles. The second kappa shape index (κ2) is 10.3. The maximum atomic E-state index is 2.33. The SMILES string of the molecule is C(=C1C=C(c2cccs2)SC(c2cccs2)=C1)c1cc(-c2ccccc2)[s+]c(-c2ccccc2)c1. The van der Waals surface area contributed by atoms with Crippen LogP contribution in [0.1, 0.15) is 15.3 Å². The topological polar surface area (TPSA) is 0 Å². The Balaban J connectivity index is 1.49. The van der Waals surface area contributed by atoms with Gasteiger partial charge in [0.05, 0.1) is 0 Å². The van der Waals surface area contributed by atoms with E-state index in [1.54, 1.807) is 22.7 Å². The average Bonchev–Trinajstić information content (AvgIpc) is 3.65. The standard InChI is InChI=1S/C31H21S4/c1-3-9-24(10-4-1)28-18-22(19-29(34-28)25-11-5-2-6-12-25)17-23-20-30(26-13-7-15-32-26)35-31(21-23)27-14-8-16-33-27/h1-21H/q+1. The van der Waals surface area contributed by atoms with Gasteiger partial charge in [-0.15, -0.1) is 22.7 Å². The van der Waals surface area contributed by atoms with Crippen molar-refractivity contribution in [3.63, 3.8) is 0 Å². The molecule has 5 aromatic rings. The van der Waals surface area contributed by atoms with E-state index in [1.807, 2.05) is 23.1 Å². The van der Waals surface area contributed by atoms with Crippen molar-refractivity contribution >= 4 is 61.7 Å². The summed E-state index contributed by atoms with van der Waals surface area (Å²) in [6, 6.07) is 34.7. The summed E-state index contributed by atoms with van der Waals surface area (Å²) >= 11 is 7.30. The molecule has 0 bridgehead atoms. The first-order valence-corrected chi connectivity index (χ1v) is 14.7. The van der Waals surface area contributed by atoms with Crippen molar-refractivity contribution in [2.75, 3.05) is 0 Å². The van der Waals surface area contributed by atoms with Crippen LogP contribution < -0.4 is 0 Å². The summed E-state index contributed by atoms with van der Waals surface area (Å²) < 4.78 is 0. The van der Waals surface area contributed by atoms with Crippen molar-refractivity contribution in [3.05, 3.63) is 141 Å². The van der Waals surface area contributed by atoms with Crippen LogP contribution in [0.5, 0.6) is 0 Å². The fourth-order valence-electron chi connectivity index (χ4n) is 3.97. The Hall–Kier alpha value is -3.02. The van der Waals surface area contributed by atoms with Crippen LogP contribution in [0.3, 0.4) is 0 Å². The Morgan fingerprint density at radius 3 is 1.54 bits per heavy atom. The summed E-state index contributed by atoms with van der Waals surface area (Å²) in [5, 5.41) is 4.31. The molecule has 35 heavy (non-hydrogen) atoms. The molecule has 168 valence electrons. The van der Waals surface area contributed by atoms with Crippen LogP contribution in [0.4, 0.5) is 0 Å². The van der Waals surface area contributed by atoms with Gasteiger partial charge in [0.25, 0.3) is 0 Å². The van der Waals surface area contributed by atoms with Crippen LogP contribution >= 0.6 is 45.8 Å². The molecule has 0 atom stereocenters. The molecule has 3 aromatic heterocycles. The fraction of sp³-hybridized carbons (Fsp3) is 0. The number of allylic oxidation sites excluding steroid dienone is 3. The second-order valence-corrected chi connectivity index (χ2v) is 12.1. The molecule has 6 rings (SSSR count). The number of rotatable bonds is 5. The van der Waals surface area contributed by atoms with E-state index in [1.165, 1.54) is 51.6 Å². The van der Waals surface area contributed by atoms with Gasteiger partial charge in [0.2, 0.25) is 21.1 Å². The number of hydrogen-bond donors (Lipinski definition) is 0. The number of hydrogen-bond acceptors (Lipinski definition) is 3. The lowest BCUT2D eigenvalue weighted by Gasteiger charge is -2.15. The highest BCUT2D eigenvalue weighted by Gasteiger charge is 2.19. The van der Waals surface area contributed by atoms with Gasteiger partial charge in [0.1, 0.15) is 0 Å². The Morgan fingerprint density at radius 2 is 1.09 bits per heavy atom. The number of benzene rings is 2. The molecule has 0 aliphatic carbocycles. The van der Waals surface area contributed by atoms with Crippen molar-refractivity contribution in [2.24, 2.45) is 0 Å². The summed E-state index contributed by atoms with van der Waals surface area (Å²) in [4.78, 5) is 7.79. The molecule has 0 spiro atoms. The number of thioether (sulfide) groups is 1. The maximum Gasteiger partial charge on any atom is 0.239 e. The highest BCUT2D eigenvalue weighted by atomic mass is 32.2. The lowest BCUT2D eigenvalue weighted by molar-refractivity contribution is 1.64. The fourth-order valence-corrected chi connectivity index (χ4v) is 7.88. The van der Waals surface area contributed by atoms with Crippen LogP contribution in [0, 0.1) is 0 Å². The summed E-state index contributed by atoms with van der Waals surface area (Å²) in [7, 11) is 0. The van der Waals surface area contributed by atoms with Crippen LogP contribution in [0.2, 0.25) is 0 Å². The zero-order chi connectivity index (χ0) is 23.5. The van der Waals surface area contributed by atoms with Crippen LogP contribution in [0.25, 0.3) is 36.8 Å². The summed E-state index contributed by atoms with van der Waals surface area (Å²) in [5.41, 5.74) is 4.94. The molecule has 0 N–H and O–H groups in total. The van der Waals surface area contributed by atoms with Gasteiger partial charge in [-0.2, -0.15) is 0 Å². The molecule has 4 heteroatoms. The first-order chi connectivity index (χ1) is 17.3. The van der Waals surface area contributed by atoms with Crippen molar-refractivity contribution in [1.29, 1.82) is 0 Å². The lowest BCUT2D eigenvalue weighted by Crippen LogP contribution is -1.89. The van der Waals surface area contributed by atoms with Crippen molar-refractivity contribution < 1.29 is 0 Å². The van der Waals surface area contributed by atoms with Gasteiger partial charge in [-0.05, 0) is 76.5 Å². The Bertz CT molecular complexity index is 1410. The maximum absolute atomic E-state index is 2.33. The predicted octanol–water partition coefficient (Wildman–Crippen LogP) is 10.7. The second-order valence-electron chi connectivity index (χ2n) is 8.07. The summed E-state index contributed by atoms with van der Waals surface area (Å²) in [5.74, 6) is 0. The molecule has 0 fully saturated rings. The van der Waals surface area contributed by atoms with E-state index in [9.17, 15) is 0 Å². The molecule has 0 saturated carbocycles. The van der Waals surface area contributed by atoms with Crippen LogP contribution in [-0.4, -0.2) is 0 Å². The van der Waals surface area contributed by atoms with E-state index in [0.717, 1.165) is 0 Å². The minimum atomic E-state index is 1.21.